The first-order chi connectivity index (χ1) is 5.52. The predicted octanol–water partition coefficient (Wildman–Crippen LogP) is 2.83. The Kier molecular flexibility index (Phi) is 5.23. The average Bonchev–Trinajstić information content (AvgIpc) is 1.95. The third kappa shape index (κ3) is 4.55. The molecule has 0 aromatic heterocycles. The number of allylic oxidation sites excluding steroid dienone is 1. The minimum Gasteiger partial charge on any atom is -0.325 e. The smallest absolute Gasteiger partial charge is 0.107 e. The summed E-state index contributed by atoms with van der Waals surface area (Å²) in [6.45, 7) is 4.36. The lowest BCUT2D eigenvalue weighted by Crippen LogP contribution is -2.43. The van der Waals surface area contributed by atoms with Crippen molar-refractivity contribution in [3.63, 3.8) is 0 Å². The van der Waals surface area contributed by atoms with Gasteiger partial charge in [0.1, 0.15) is 6.04 Å². The Hall–Kier alpha value is -0.300. The van der Waals surface area contributed by atoms with Crippen LogP contribution in [0.25, 0.3) is 0 Å². The molecule has 0 fully saturated rings. The molecule has 0 aliphatic rings. The van der Waals surface area contributed by atoms with E-state index in [0.717, 1.165) is 4.48 Å². The highest BCUT2D eigenvalue weighted by Crippen LogP contribution is 2.12. The van der Waals surface area contributed by atoms with E-state index in [1.54, 1.807) is 0 Å². The molecule has 0 aliphatic carbocycles. The summed E-state index contributed by atoms with van der Waals surface area (Å²) in [7, 11) is 6.79. The molecule has 72 valence electrons. The van der Waals surface area contributed by atoms with Gasteiger partial charge < -0.3 is 4.48 Å². The minimum absolute atomic E-state index is 0.690. The first kappa shape index (κ1) is 11.7. The summed E-state index contributed by atoms with van der Waals surface area (Å²) in [6, 6.07) is 0.690. The molecule has 1 nitrogen and oxygen atoms in total. The molecule has 0 aromatic rings. The van der Waals surface area contributed by atoms with E-state index >= 15 is 0 Å². The Bertz CT molecular complexity index is 130. The van der Waals surface area contributed by atoms with Crippen molar-refractivity contribution < 1.29 is 4.48 Å². The van der Waals surface area contributed by atoms with Crippen molar-refractivity contribution in [2.24, 2.45) is 0 Å². The molecule has 0 aromatic carbocycles. The number of quaternary nitrogens is 1. The Morgan fingerprint density at radius 2 is 1.83 bits per heavy atom. The quantitative estimate of drug-likeness (QED) is 0.439. The highest BCUT2D eigenvalue weighted by Gasteiger charge is 2.19. The van der Waals surface area contributed by atoms with Gasteiger partial charge in [0.15, 0.2) is 0 Å². The second kappa shape index (κ2) is 5.36. The van der Waals surface area contributed by atoms with Gasteiger partial charge in [-0.3, -0.25) is 0 Å². The zero-order valence-electron chi connectivity index (χ0n) is 9.30. The maximum atomic E-state index is 2.33. The zero-order valence-corrected chi connectivity index (χ0v) is 9.30. The SMILES string of the molecule is C/C=C/C(CCCC)[N+](C)(C)C. The van der Waals surface area contributed by atoms with Crippen molar-refractivity contribution in [1.29, 1.82) is 0 Å². The number of likely N-dealkylation sites (N-methyl/N-ethyl adjacent to an activating group) is 1. The van der Waals surface area contributed by atoms with Crippen molar-refractivity contribution in [2.75, 3.05) is 21.1 Å². The molecule has 0 amide bonds. The molecule has 0 saturated heterocycles. The molecule has 0 rings (SSSR count). The molecule has 1 atom stereocenters. The lowest BCUT2D eigenvalue weighted by atomic mass is 10.1. The number of nitrogens with zero attached hydrogens (tertiary/aromatic N) is 1. The fourth-order valence-electron chi connectivity index (χ4n) is 1.38. The summed E-state index contributed by atoms with van der Waals surface area (Å²) in [5, 5.41) is 0. The maximum Gasteiger partial charge on any atom is 0.107 e. The van der Waals surface area contributed by atoms with Crippen LogP contribution in [0.2, 0.25) is 0 Å². The molecular weight excluding hydrogens is 146 g/mol. The third-order valence-electron chi connectivity index (χ3n) is 2.26. The minimum atomic E-state index is 0.690. The van der Waals surface area contributed by atoms with E-state index in [1.807, 2.05) is 0 Å². The molecule has 0 heterocycles. The van der Waals surface area contributed by atoms with Crippen LogP contribution in [-0.4, -0.2) is 31.7 Å². The van der Waals surface area contributed by atoms with Crippen molar-refractivity contribution in [1.82, 2.24) is 0 Å². The molecule has 0 radical (unpaired) electrons. The maximum absolute atomic E-state index is 2.33. The highest BCUT2D eigenvalue weighted by atomic mass is 15.3. The molecule has 0 N–H and O–H groups in total. The normalized spacial score (nSPS) is 15.4. The predicted molar refractivity (Wildman–Crippen MR) is 56.2 cm³/mol. The van der Waals surface area contributed by atoms with Gasteiger partial charge in [0.2, 0.25) is 0 Å². The molecule has 0 spiro atoms. The summed E-state index contributed by atoms with van der Waals surface area (Å²) in [6.07, 6.45) is 8.45. The standard InChI is InChI=1S/C11H24N/c1-6-8-10-11(9-7-2)12(3,4)5/h7,9,11H,6,8,10H2,1-5H3/q+1/b9-7+. The summed E-state index contributed by atoms with van der Waals surface area (Å²) >= 11 is 0. The lowest BCUT2D eigenvalue weighted by Gasteiger charge is -2.32. The van der Waals surface area contributed by atoms with Crippen molar-refractivity contribution >= 4 is 0 Å². The van der Waals surface area contributed by atoms with Crippen LogP contribution in [-0.2, 0) is 0 Å². The van der Waals surface area contributed by atoms with Gasteiger partial charge in [-0.15, -0.1) is 0 Å². The van der Waals surface area contributed by atoms with Crippen LogP contribution >= 0.6 is 0 Å². The van der Waals surface area contributed by atoms with E-state index in [0.29, 0.717) is 6.04 Å². The fourth-order valence-corrected chi connectivity index (χ4v) is 1.38. The zero-order chi connectivity index (χ0) is 9.61. The summed E-state index contributed by atoms with van der Waals surface area (Å²) in [5.74, 6) is 0. The summed E-state index contributed by atoms with van der Waals surface area (Å²) in [5.41, 5.74) is 0. The first-order valence-electron chi connectivity index (χ1n) is 4.96. The Morgan fingerprint density at radius 1 is 1.25 bits per heavy atom. The Labute approximate surface area is 77.7 Å². The van der Waals surface area contributed by atoms with Gasteiger partial charge in [0.25, 0.3) is 0 Å². The molecule has 0 aliphatic heterocycles. The van der Waals surface area contributed by atoms with Crippen LogP contribution < -0.4 is 0 Å². The number of unbranched alkanes of at least 4 members (excludes halogenated alkanes) is 1. The van der Waals surface area contributed by atoms with Gasteiger partial charge in [-0.2, -0.15) is 0 Å². The lowest BCUT2D eigenvalue weighted by molar-refractivity contribution is -0.889. The Morgan fingerprint density at radius 3 is 2.17 bits per heavy atom. The number of hydrogen-bond acceptors (Lipinski definition) is 0. The van der Waals surface area contributed by atoms with Crippen LogP contribution in [0.4, 0.5) is 0 Å². The van der Waals surface area contributed by atoms with Crippen LogP contribution in [0, 0.1) is 0 Å². The summed E-state index contributed by atoms with van der Waals surface area (Å²) < 4.78 is 1.05. The molecule has 1 heteroatoms. The van der Waals surface area contributed by atoms with E-state index in [-0.39, 0.29) is 0 Å². The van der Waals surface area contributed by atoms with Crippen LogP contribution in [0.1, 0.15) is 33.1 Å². The molecular formula is C11H24N+. The van der Waals surface area contributed by atoms with Gasteiger partial charge in [0, 0.05) is 6.42 Å². The topological polar surface area (TPSA) is 0 Å². The van der Waals surface area contributed by atoms with E-state index in [4.69, 9.17) is 0 Å². The molecule has 0 bridgehead atoms. The van der Waals surface area contributed by atoms with Gasteiger partial charge >= 0.3 is 0 Å². The average molecular weight is 170 g/mol. The first-order valence-corrected chi connectivity index (χ1v) is 4.96. The fraction of sp³-hybridized carbons (Fsp3) is 0.818. The third-order valence-corrected chi connectivity index (χ3v) is 2.26. The van der Waals surface area contributed by atoms with Crippen LogP contribution in [0.5, 0.6) is 0 Å². The van der Waals surface area contributed by atoms with E-state index < -0.39 is 0 Å². The second-order valence-electron chi connectivity index (χ2n) is 4.35. The molecule has 12 heavy (non-hydrogen) atoms. The largest absolute Gasteiger partial charge is 0.325 e. The van der Waals surface area contributed by atoms with Crippen LogP contribution in [0.3, 0.4) is 0 Å². The monoisotopic (exact) mass is 170 g/mol. The van der Waals surface area contributed by atoms with Gasteiger partial charge in [-0.25, -0.2) is 0 Å². The van der Waals surface area contributed by atoms with Gasteiger partial charge in [-0.1, -0.05) is 19.4 Å². The van der Waals surface area contributed by atoms with E-state index in [9.17, 15) is 0 Å². The number of rotatable bonds is 5. The molecule has 1 unspecified atom stereocenters. The van der Waals surface area contributed by atoms with Crippen molar-refractivity contribution in [3.8, 4) is 0 Å². The second-order valence-corrected chi connectivity index (χ2v) is 4.35. The number of hydrogen-bond donors (Lipinski definition) is 0. The van der Waals surface area contributed by atoms with Gasteiger partial charge in [0.05, 0.1) is 21.1 Å². The molecule has 0 saturated carbocycles. The van der Waals surface area contributed by atoms with Crippen LogP contribution in [0.15, 0.2) is 12.2 Å². The summed E-state index contributed by atoms with van der Waals surface area (Å²) in [4.78, 5) is 0. The highest BCUT2D eigenvalue weighted by molar-refractivity contribution is 4.86. The van der Waals surface area contributed by atoms with Crippen molar-refractivity contribution in [2.45, 2.75) is 39.2 Å². The van der Waals surface area contributed by atoms with Gasteiger partial charge in [-0.05, 0) is 19.4 Å². The van der Waals surface area contributed by atoms with Crippen molar-refractivity contribution in [3.05, 3.63) is 12.2 Å². The van der Waals surface area contributed by atoms with E-state index in [2.05, 4.69) is 47.1 Å². The Balaban J connectivity index is 4.04. The van der Waals surface area contributed by atoms with E-state index in [1.165, 1.54) is 19.3 Å².